The van der Waals surface area contributed by atoms with Crippen molar-refractivity contribution in [2.24, 2.45) is 5.92 Å². The molecular weight excluding hydrogens is 382 g/mol. The molecule has 2 aromatic carbocycles. The second-order valence-corrected chi connectivity index (χ2v) is 9.20. The second kappa shape index (κ2) is 10.8. The van der Waals surface area contributed by atoms with Crippen LogP contribution >= 0.6 is 0 Å². The minimum atomic E-state index is -0.432. The third-order valence-corrected chi connectivity index (χ3v) is 6.84. The number of likely N-dealkylation sites (tertiary alicyclic amines) is 1. The SMILES string of the molecule is COc1ccc(C(C=O)(CCCN2CCC(=Cc3cccc(C)c3)CC2)C(C)C)cc1. The van der Waals surface area contributed by atoms with Crippen molar-refractivity contribution in [1.82, 2.24) is 4.90 Å². The van der Waals surface area contributed by atoms with Gasteiger partial charge in [-0.25, -0.2) is 0 Å². The minimum Gasteiger partial charge on any atom is -0.497 e. The molecule has 0 N–H and O–H groups in total. The van der Waals surface area contributed by atoms with Gasteiger partial charge in [0.2, 0.25) is 0 Å². The van der Waals surface area contributed by atoms with Crippen LogP contribution in [0, 0.1) is 12.8 Å². The monoisotopic (exact) mass is 419 g/mol. The number of rotatable bonds is 9. The molecule has 1 atom stereocenters. The number of carbonyl (C=O) groups is 1. The number of hydrogen-bond acceptors (Lipinski definition) is 3. The molecule has 1 aliphatic heterocycles. The minimum absolute atomic E-state index is 0.253. The summed E-state index contributed by atoms with van der Waals surface area (Å²) in [6.07, 6.45) is 7.72. The highest BCUT2D eigenvalue weighted by atomic mass is 16.5. The van der Waals surface area contributed by atoms with Gasteiger partial charge in [-0.1, -0.05) is 67.5 Å². The summed E-state index contributed by atoms with van der Waals surface area (Å²) in [7, 11) is 1.67. The van der Waals surface area contributed by atoms with E-state index in [1.54, 1.807) is 12.7 Å². The molecule has 0 amide bonds. The molecule has 1 unspecified atom stereocenters. The lowest BCUT2D eigenvalue weighted by Crippen LogP contribution is -2.37. The van der Waals surface area contributed by atoms with Crippen LogP contribution in [0.15, 0.2) is 54.1 Å². The van der Waals surface area contributed by atoms with Crippen LogP contribution in [-0.4, -0.2) is 37.9 Å². The fourth-order valence-corrected chi connectivity index (χ4v) is 4.73. The van der Waals surface area contributed by atoms with Gasteiger partial charge in [0.25, 0.3) is 0 Å². The molecule has 3 heteroatoms. The van der Waals surface area contributed by atoms with Crippen LogP contribution in [-0.2, 0) is 10.2 Å². The highest BCUT2D eigenvalue weighted by molar-refractivity contribution is 5.69. The third-order valence-electron chi connectivity index (χ3n) is 6.84. The lowest BCUT2D eigenvalue weighted by atomic mass is 9.70. The van der Waals surface area contributed by atoms with E-state index in [1.165, 1.54) is 17.4 Å². The van der Waals surface area contributed by atoms with E-state index in [2.05, 4.69) is 68.1 Å². The average Bonchev–Trinajstić information content (AvgIpc) is 2.78. The van der Waals surface area contributed by atoms with E-state index in [4.69, 9.17) is 4.74 Å². The summed E-state index contributed by atoms with van der Waals surface area (Å²) in [5.74, 6) is 1.08. The molecule has 166 valence electrons. The number of aldehydes is 1. The molecule has 0 spiro atoms. The Morgan fingerprint density at radius 1 is 1.10 bits per heavy atom. The standard InChI is InChI=1S/C28H37NO2/c1-22(2)28(21-30,26-9-11-27(31-4)12-10-26)15-6-16-29-17-13-24(14-18-29)20-25-8-5-7-23(3)19-25/h5,7-12,19-22H,6,13-18H2,1-4H3. The molecule has 0 radical (unpaired) electrons. The van der Waals surface area contributed by atoms with Crippen molar-refractivity contribution in [1.29, 1.82) is 0 Å². The zero-order chi connectivity index (χ0) is 22.3. The summed E-state index contributed by atoms with van der Waals surface area (Å²) in [5.41, 5.74) is 4.84. The van der Waals surface area contributed by atoms with Crippen molar-refractivity contribution in [3.05, 3.63) is 70.8 Å². The molecule has 0 aliphatic carbocycles. The number of carbonyl (C=O) groups excluding carboxylic acids is 1. The van der Waals surface area contributed by atoms with Gasteiger partial charge in [0.1, 0.15) is 12.0 Å². The summed E-state index contributed by atoms with van der Waals surface area (Å²) in [4.78, 5) is 14.8. The topological polar surface area (TPSA) is 29.5 Å². The predicted molar refractivity (Wildman–Crippen MR) is 130 cm³/mol. The maximum Gasteiger partial charge on any atom is 0.130 e. The summed E-state index contributed by atoms with van der Waals surface area (Å²) < 4.78 is 5.29. The van der Waals surface area contributed by atoms with Crippen molar-refractivity contribution in [3.63, 3.8) is 0 Å². The van der Waals surface area contributed by atoms with Gasteiger partial charge in [-0.2, -0.15) is 0 Å². The number of nitrogens with zero attached hydrogens (tertiary/aromatic N) is 1. The van der Waals surface area contributed by atoms with Gasteiger partial charge in [0.05, 0.1) is 12.5 Å². The molecular formula is C28H37NO2. The van der Waals surface area contributed by atoms with Crippen LogP contribution in [0.4, 0.5) is 0 Å². The summed E-state index contributed by atoms with van der Waals surface area (Å²) in [5, 5.41) is 0. The quantitative estimate of drug-likeness (QED) is 0.463. The molecule has 1 aliphatic rings. The van der Waals surface area contributed by atoms with Gasteiger partial charge >= 0.3 is 0 Å². The Bertz CT molecular complexity index is 874. The van der Waals surface area contributed by atoms with Gasteiger partial charge in [0, 0.05) is 13.1 Å². The van der Waals surface area contributed by atoms with E-state index < -0.39 is 5.41 Å². The largest absolute Gasteiger partial charge is 0.497 e. The molecule has 0 aromatic heterocycles. The molecule has 1 heterocycles. The zero-order valence-electron chi connectivity index (χ0n) is 19.6. The van der Waals surface area contributed by atoms with Crippen LogP contribution < -0.4 is 4.74 Å². The Hall–Kier alpha value is -2.39. The van der Waals surface area contributed by atoms with Crippen LogP contribution in [0.1, 0.15) is 56.2 Å². The molecule has 2 aromatic rings. The number of methoxy groups -OCH3 is 1. The summed E-state index contributed by atoms with van der Waals surface area (Å²) in [6, 6.07) is 16.7. The van der Waals surface area contributed by atoms with E-state index in [-0.39, 0.29) is 5.92 Å². The van der Waals surface area contributed by atoms with Crippen LogP contribution in [0.2, 0.25) is 0 Å². The Morgan fingerprint density at radius 2 is 1.81 bits per heavy atom. The Kier molecular flexibility index (Phi) is 8.09. The first-order chi connectivity index (χ1) is 15.0. The Balaban J connectivity index is 1.56. The van der Waals surface area contributed by atoms with Gasteiger partial charge in [0.15, 0.2) is 0 Å². The van der Waals surface area contributed by atoms with Crippen LogP contribution in [0.5, 0.6) is 5.75 Å². The van der Waals surface area contributed by atoms with E-state index in [0.717, 1.165) is 56.6 Å². The molecule has 3 rings (SSSR count). The first kappa shape index (κ1) is 23.3. The van der Waals surface area contributed by atoms with Crippen molar-refractivity contribution >= 4 is 12.4 Å². The predicted octanol–water partition coefficient (Wildman–Crippen LogP) is 6.06. The van der Waals surface area contributed by atoms with Crippen molar-refractivity contribution in [2.75, 3.05) is 26.7 Å². The molecule has 1 saturated heterocycles. The molecule has 0 saturated carbocycles. The van der Waals surface area contributed by atoms with Crippen molar-refractivity contribution in [3.8, 4) is 5.75 Å². The van der Waals surface area contributed by atoms with E-state index in [0.29, 0.717) is 0 Å². The highest BCUT2D eigenvalue weighted by Crippen LogP contribution is 2.36. The third kappa shape index (κ3) is 5.86. The van der Waals surface area contributed by atoms with Crippen LogP contribution in [0.25, 0.3) is 6.08 Å². The Morgan fingerprint density at radius 3 is 2.39 bits per heavy atom. The maximum absolute atomic E-state index is 12.3. The molecule has 0 bridgehead atoms. The van der Waals surface area contributed by atoms with E-state index in [9.17, 15) is 4.79 Å². The molecule has 1 fully saturated rings. The first-order valence-corrected chi connectivity index (χ1v) is 11.6. The van der Waals surface area contributed by atoms with Crippen LogP contribution in [0.3, 0.4) is 0 Å². The smallest absolute Gasteiger partial charge is 0.130 e. The summed E-state index contributed by atoms with van der Waals surface area (Å²) in [6.45, 7) is 9.72. The number of ether oxygens (including phenoxy) is 1. The van der Waals surface area contributed by atoms with E-state index >= 15 is 0 Å². The number of hydrogen-bond donors (Lipinski definition) is 0. The Labute approximate surface area is 188 Å². The van der Waals surface area contributed by atoms with Gasteiger partial charge in [-0.15, -0.1) is 0 Å². The number of piperidine rings is 1. The normalized spacial score (nSPS) is 16.7. The second-order valence-electron chi connectivity index (χ2n) is 9.20. The van der Waals surface area contributed by atoms with E-state index in [1.807, 2.05) is 12.1 Å². The fourth-order valence-electron chi connectivity index (χ4n) is 4.73. The lowest BCUT2D eigenvalue weighted by molar-refractivity contribution is -0.114. The highest BCUT2D eigenvalue weighted by Gasteiger charge is 2.35. The fraction of sp³-hybridized carbons (Fsp3) is 0.464. The molecule has 3 nitrogen and oxygen atoms in total. The number of benzene rings is 2. The van der Waals surface area contributed by atoms with Gasteiger partial charge in [-0.3, -0.25) is 0 Å². The van der Waals surface area contributed by atoms with Gasteiger partial charge < -0.3 is 14.4 Å². The first-order valence-electron chi connectivity index (χ1n) is 11.6. The van der Waals surface area contributed by atoms with Crippen molar-refractivity contribution < 1.29 is 9.53 Å². The zero-order valence-corrected chi connectivity index (χ0v) is 19.6. The molecule has 31 heavy (non-hydrogen) atoms. The maximum atomic E-state index is 12.3. The van der Waals surface area contributed by atoms with Crippen molar-refractivity contribution in [2.45, 2.75) is 51.9 Å². The lowest BCUT2D eigenvalue weighted by Gasteiger charge is -2.35. The van der Waals surface area contributed by atoms with Gasteiger partial charge in [-0.05, 0) is 68.3 Å². The average molecular weight is 420 g/mol. The number of aryl methyl sites for hydroxylation is 1. The summed E-state index contributed by atoms with van der Waals surface area (Å²) >= 11 is 0.